The Morgan fingerprint density at radius 2 is 0.404 bits per heavy atom. The zero-order chi connectivity index (χ0) is 61.8. The van der Waals surface area contributed by atoms with Crippen molar-refractivity contribution in [2.24, 2.45) is 0 Å². The van der Waals surface area contributed by atoms with Crippen molar-refractivity contribution in [3.63, 3.8) is 0 Å². The number of aromatic nitrogens is 4. The molecule has 0 amide bonds. The van der Waals surface area contributed by atoms with Gasteiger partial charge in [0.2, 0.25) is 0 Å². The minimum Gasteiger partial charge on any atom is -0.309 e. The van der Waals surface area contributed by atoms with Crippen LogP contribution in [0.3, 0.4) is 0 Å². The average molecular weight is 1200 g/mol. The van der Waals surface area contributed by atoms with Crippen molar-refractivity contribution in [2.75, 3.05) is 0 Å². The molecule has 19 aromatic rings. The summed E-state index contributed by atoms with van der Waals surface area (Å²) in [7, 11) is 0. The minimum atomic E-state index is 1.11. The maximum absolute atomic E-state index is 2.47. The van der Waals surface area contributed by atoms with Crippen LogP contribution in [0.4, 0.5) is 0 Å². The first-order valence-electron chi connectivity index (χ1n) is 32.4. The third-order valence-corrected chi connectivity index (χ3v) is 19.6. The highest BCUT2D eigenvalue weighted by Crippen LogP contribution is 2.47. The molecule has 4 heteroatoms. The summed E-state index contributed by atoms with van der Waals surface area (Å²) in [4.78, 5) is 0. The molecule has 0 aliphatic heterocycles. The highest BCUT2D eigenvalue weighted by Gasteiger charge is 2.23. The summed E-state index contributed by atoms with van der Waals surface area (Å²) >= 11 is 0. The second-order valence-electron chi connectivity index (χ2n) is 24.7. The Bertz CT molecular complexity index is 6110. The third-order valence-electron chi connectivity index (χ3n) is 19.6. The fraction of sp³-hybridized carbons (Fsp3) is 0. The molecule has 94 heavy (non-hydrogen) atoms. The molecule has 0 atom stereocenters. The van der Waals surface area contributed by atoms with E-state index in [4.69, 9.17) is 0 Å². The van der Waals surface area contributed by atoms with E-state index >= 15 is 0 Å². The first kappa shape index (κ1) is 53.3. The van der Waals surface area contributed by atoms with Gasteiger partial charge in [-0.15, -0.1) is 0 Å². The predicted octanol–water partition coefficient (Wildman–Crippen LogP) is 24.1. The molecule has 15 aromatic carbocycles. The first-order chi connectivity index (χ1) is 46.6. The number of hydrogen-bond acceptors (Lipinski definition) is 0. The normalized spacial score (nSPS) is 11.8. The molecule has 0 saturated heterocycles. The van der Waals surface area contributed by atoms with Crippen LogP contribution in [0.1, 0.15) is 0 Å². The molecule has 0 bridgehead atoms. The first-order valence-corrected chi connectivity index (χ1v) is 32.4. The van der Waals surface area contributed by atoms with Gasteiger partial charge in [-0.1, -0.05) is 237 Å². The summed E-state index contributed by atoms with van der Waals surface area (Å²) in [6.07, 6.45) is 0. The Labute approximate surface area is 543 Å². The number of hydrogen-bond donors (Lipinski definition) is 0. The monoisotopic (exact) mass is 1190 g/mol. The highest BCUT2D eigenvalue weighted by atomic mass is 15.0. The molecule has 4 heterocycles. The fourth-order valence-electron chi connectivity index (χ4n) is 15.3. The molecule has 0 spiro atoms. The zero-order valence-electron chi connectivity index (χ0n) is 51.3. The molecule has 0 radical (unpaired) electrons. The van der Waals surface area contributed by atoms with E-state index in [9.17, 15) is 0 Å². The standard InChI is InChI=1S/C90H58N4/c1-4-20-59(21-5-1)65-45-54-85-79(57-65)89-76(31-18-36-87(89)93(85)67-24-8-3-9-25-67)77-32-19-37-88-90(77)80-58-66(60-22-6-2-7-23-60)46-55-86(80)94(88)70-47-38-61(39-48-70)64-44-53-84-78(56-64)75-30-14-17-35-83(75)92(84)69-51-42-63(43-52-69)72-27-11-10-26-71(72)62-40-49-68(50-41-62)91-81-33-15-12-28-73(81)74-29-13-16-34-82(74)91/h1-58H. The smallest absolute Gasteiger partial charge is 0.0547 e. The molecule has 0 saturated carbocycles. The summed E-state index contributed by atoms with van der Waals surface area (Å²) in [5.74, 6) is 0. The Hall–Kier alpha value is -12.5. The van der Waals surface area contributed by atoms with Crippen LogP contribution in [0.25, 0.3) is 177 Å². The van der Waals surface area contributed by atoms with Gasteiger partial charge in [-0.3, -0.25) is 0 Å². The third kappa shape index (κ3) is 8.47. The molecule has 0 N–H and O–H groups in total. The SMILES string of the molecule is c1ccc(-c2ccc3c(c2)c2c(-c4cccc5c4c4cc(-c6ccccc6)ccc4n5-c4ccc(-c5ccc6c(c5)c5ccccc5n6-c5ccc(-c6ccccc6-c6ccc(-n7c8ccccc8c8ccccc87)cc6)cc5)cc4)cccc2n3-c2ccccc2)cc1. The molecule has 4 nitrogen and oxygen atoms in total. The maximum atomic E-state index is 2.47. The molecule has 0 fully saturated rings. The van der Waals surface area contributed by atoms with Crippen LogP contribution < -0.4 is 0 Å². The Balaban J connectivity index is 0.688. The van der Waals surface area contributed by atoms with Gasteiger partial charge >= 0.3 is 0 Å². The van der Waals surface area contributed by atoms with E-state index in [2.05, 4.69) is 370 Å². The lowest BCUT2D eigenvalue weighted by Crippen LogP contribution is -1.95. The van der Waals surface area contributed by atoms with E-state index in [0.717, 1.165) is 39.3 Å². The van der Waals surface area contributed by atoms with Gasteiger partial charge in [0.1, 0.15) is 0 Å². The molecule has 0 aliphatic carbocycles. The van der Waals surface area contributed by atoms with E-state index in [1.807, 2.05) is 0 Å². The van der Waals surface area contributed by atoms with Crippen molar-refractivity contribution in [2.45, 2.75) is 0 Å². The molecule has 438 valence electrons. The fourth-order valence-corrected chi connectivity index (χ4v) is 15.3. The van der Waals surface area contributed by atoms with E-state index in [0.29, 0.717) is 0 Å². The quantitative estimate of drug-likeness (QED) is 0.130. The van der Waals surface area contributed by atoms with Crippen LogP contribution in [0, 0.1) is 0 Å². The molecular weight excluding hydrogens is 1140 g/mol. The lowest BCUT2D eigenvalue weighted by Gasteiger charge is -2.14. The number of para-hydroxylation sites is 4. The van der Waals surface area contributed by atoms with Crippen LogP contribution in [-0.4, -0.2) is 18.3 Å². The molecule has 0 aliphatic rings. The number of fused-ring (bicyclic) bond motifs is 12. The van der Waals surface area contributed by atoms with Gasteiger partial charge in [0.25, 0.3) is 0 Å². The largest absolute Gasteiger partial charge is 0.309 e. The second kappa shape index (κ2) is 21.6. The van der Waals surface area contributed by atoms with Crippen molar-refractivity contribution in [1.82, 2.24) is 18.3 Å². The summed E-state index contributed by atoms with van der Waals surface area (Å²) in [5, 5.41) is 9.88. The van der Waals surface area contributed by atoms with Crippen LogP contribution in [0.2, 0.25) is 0 Å². The van der Waals surface area contributed by atoms with E-state index in [-0.39, 0.29) is 0 Å². The summed E-state index contributed by atoms with van der Waals surface area (Å²) in [5.41, 5.74) is 28.3. The van der Waals surface area contributed by atoms with Crippen molar-refractivity contribution >= 4 is 87.2 Å². The van der Waals surface area contributed by atoms with Crippen molar-refractivity contribution < 1.29 is 0 Å². The van der Waals surface area contributed by atoms with E-state index < -0.39 is 0 Å². The van der Waals surface area contributed by atoms with Crippen molar-refractivity contribution in [1.29, 1.82) is 0 Å². The van der Waals surface area contributed by atoms with E-state index in [1.165, 1.54) is 137 Å². The molecule has 19 rings (SSSR count). The topological polar surface area (TPSA) is 19.7 Å². The Kier molecular flexibility index (Phi) is 12.3. The number of nitrogens with zero attached hydrogens (tertiary/aromatic N) is 4. The minimum absolute atomic E-state index is 1.11. The van der Waals surface area contributed by atoms with Gasteiger partial charge in [0.15, 0.2) is 0 Å². The highest BCUT2D eigenvalue weighted by molar-refractivity contribution is 6.23. The molecule has 0 unspecified atom stereocenters. The summed E-state index contributed by atoms with van der Waals surface area (Å²) in [6.45, 7) is 0. The van der Waals surface area contributed by atoms with Gasteiger partial charge < -0.3 is 18.3 Å². The zero-order valence-corrected chi connectivity index (χ0v) is 51.3. The van der Waals surface area contributed by atoms with Gasteiger partial charge in [-0.05, 0) is 182 Å². The molecular formula is C90H58N4. The predicted molar refractivity (Wildman–Crippen MR) is 396 cm³/mol. The van der Waals surface area contributed by atoms with Crippen molar-refractivity contribution in [3.05, 3.63) is 352 Å². The van der Waals surface area contributed by atoms with Gasteiger partial charge in [0, 0.05) is 65.8 Å². The summed E-state index contributed by atoms with van der Waals surface area (Å²) < 4.78 is 9.71. The van der Waals surface area contributed by atoms with Crippen LogP contribution in [0.15, 0.2) is 352 Å². The number of benzene rings is 15. The Morgan fingerprint density at radius 3 is 0.830 bits per heavy atom. The van der Waals surface area contributed by atoms with Crippen LogP contribution in [-0.2, 0) is 0 Å². The van der Waals surface area contributed by atoms with Crippen LogP contribution >= 0.6 is 0 Å². The van der Waals surface area contributed by atoms with Crippen LogP contribution in [0.5, 0.6) is 0 Å². The Morgan fingerprint density at radius 1 is 0.138 bits per heavy atom. The van der Waals surface area contributed by atoms with Crippen molar-refractivity contribution in [3.8, 4) is 89.5 Å². The second-order valence-corrected chi connectivity index (χ2v) is 24.7. The lowest BCUT2D eigenvalue weighted by molar-refractivity contribution is 1.18. The van der Waals surface area contributed by atoms with Gasteiger partial charge in [-0.25, -0.2) is 0 Å². The number of rotatable bonds is 10. The lowest BCUT2D eigenvalue weighted by atomic mass is 9.94. The molecule has 4 aromatic heterocycles. The van der Waals surface area contributed by atoms with E-state index in [1.54, 1.807) is 0 Å². The summed E-state index contributed by atoms with van der Waals surface area (Å²) in [6, 6.07) is 129. The van der Waals surface area contributed by atoms with Gasteiger partial charge in [0.05, 0.1) is 44.1 Å². The average Bonchev–Trinajstić information content (AvgIpc) is 1.55. The van der Waals surface area contributed by atoms with Gasteiger partial charge in [-0.2, -0.15) is 0 Å². The maximum Gasteiger partial charge on any atom is 0.0547 e.